The van der Waals surface area contributed by atoms with Crippen molar-refractivity contribution in [3.63, 3.8) is 0 Å². The Hall–Kier alpha value is -3.22. The zero-order chi connectivity index (χ0) is 19.1. The van der Waals surface area contributed by atoms with Crippen molar-refractivity contribution < 1.29 is 13.9 Å². The van der Waals surface area contributed by atoms with E-state index in [1.807, 2.05) is 43.3 Å². The second-order valence-corrected chi connectivity index (χ2v) is 6.02. The smallest absolute Gasteiger partial charge is 0.224 e. The number of hydrogen-bond donors (Lipinski definition) is 2. The molecule has 0 amide bonds. The summed E-state index contributed by atoms with van der Waals surface area (Å²) in [6, 6.07) is 11.6. The Bertz CT molecular complexity index is 866. The Balaban J connectivity index is 1.57. The summed E-state index contributed by atoms with van der Waals surface area (Å²) in [7, 11) is 3.27. The van der Waals surface area contributed by atoms with Crippen molar-refractivity contribution in [2.24, 2.45) is 0 Å². The lowest BCUT2D eigenvalue weighted by Gasteiger charge is -2.11. The molecule has 0 saturated carbocycles. The summed E-state index contributed by atoms with van der Waals surface area (Å²) in [6.45, 7) is 3.23. The fraction of sp³-hybridized carbons (Fsp3) is 0.300. The molecular formula is C20H24N4O3. The van der Waals surface area contributed by atoms with Crippen molar-refractivity contribution in [3.8, 4) is 11.5 Å². The Morgan fingerprint density at radius 3 is 2.59 bits per heavy atom. The van der Waals surface area contributed by atoms with Crippen molar-refractivity contribution in [1.29, 1.82) is 0 Å². The molecule has 0 spiro atoms. The zero-order valence-electron chi connectivity index (χ0n) is 15.8. The molecule has 27 heavy (non-hydrogen) atoms. The summed E-state index contributed by atoms with van der Waals surface area (Å²) in [5, 5.41) is 6.52. The van der Waals surface area contributed by atoms with Crippen LogP contribution in [0.1, 0.15) is 17.0 Å². The van der Waals surface area contributed by atoms with Gasteiger partial charge in [-0.2, -0.15) is 4.98 Å². The number of benzene rings is 1. The van der Waals surface area contributed by atoms with E-state index < -0.39 is 0 Å². The van der Waals surface area contributed by atoms with Gasteiger partial charge in [0.05, 0.1) is 27.0 Å². The average Bonchev–Trinajstić information content (AvgIpc) is 3.19. The molecule has 0 fully saturated rings. The van der Waals surface area contributed by atoms with Gasteiger partial charge in [0.15, 0.2) is 11.5 Å². The van der Waals surface area contributed by atoms with Gasteiger partial charge in [-0.05, 0) is 43.2 Å². The van der Waals surface area contributed by atoms with Crippen molar-refractivity contribution in [2.45, 2.75) is 19.9 Å². The van der Waals surface area contributed by atoms with Crippen LogP contribution in [0, 0.1) is 6.92 Å². The highest BCUT2D eigenvalue weighted by Crippen LogP contribution is 2.27. The molecule has 3 rings (SSSR count). The fourth-order valence-electron chi connectivity index (χ4n) is 2.68. The third-order valence-corrected chi connectivity index (χ3v) is 4.02. The maximum Gasteiger partial charge on any atom is 0.224 e. The van der Waals surface area contributed by atoms with Crippen LogP contribution in [0.25, 0.3) is 0 Å². The standard InChI is InChI=1S/C20H24N4O3/c1-14-11-19(22-13-16-5-4-10-27-16)24-20(23-14)21-9-8-15-6-7-17(25-2)18(12-15)26-3/h4-7,10-12H,8-9,13H2,1-3H3,(H2,21,22,23,24). The van der Waals surface area contributed by atoms with E-state index in [0.29, 0.717) is 19.0 Å². The molecule has 0 aliphatic rings. The molecule has 0 bridgehead atoms. The lowest BCUT2D eigenvalue weighted by molar-refractivity contribution is 0.354. The molecule has 3 aromatic rings. The van der Waals surface area contributed by atoms with Crippen molar-refractivity contribution in [2.75, 3.05) is 31.4 Å². The fourth-order valence-corrected chi connectivity index (χ4v) is 2.68. The van der Waals surface area contributed by atoms with E-state index >= 15 is 0 Å². The van der Waals surface area contributed by atoms with Crippen molar-refractivity contribution in [1.82, 2.24) is 9.97 Å². The molecule has 0 unspecified atom stereocenters. The third kappa shape index (κ3) is 5.13. The van der Waals surface area contributed by atoms with Crippen LogP contribution in [0.5, 0.6) is 11.5 Å². The van der Waals surface area contributed by atoms with Crippen LogP contribution in [0.2, 0.25) is 0 Å². The number of aromatic nitrogens is 2. The second kappa shape index (κ2) is 8.93. The predicted molar refractivity (Wildman–Crippen MR) is 105 cm³/mol. The van der Waals surface area contributed by atoms with Crippen molar-refractivity contribution >= 4 is 11.8 Å². The lowest BCUT2D eigenvalue weighted by Crippen LogP contribution is -2.10. The minimum atomic E-state index is 0.578. The molecule has 0 radical (unpaired) electrons. The maximum atomic E-state index is 5.34. The van der Waals surface area contributed by atoms with Gasteiger partial charge in [0.1, 0.15) is 11.6 Å². The average molecular weight is 368 g/mol. The van der Waals surface area contributed by atoms with Gasteiger partial charge in [0.2, 0.25) is 5.95 Å². The maximum absolute atomic E-state index is 5.34. The van der Waals surface area contributed by atoms with E-state index in [1.54, 1.807) is 20.5 Å². The van der Waals surface area contributed by atoms with E-state index in [4.69, 9.17) is 13.9 Å². The summed E-state index contributed by atoms with van der Waals surface area (Å²) >= 11 is 0. The first-order valence-electron chi connectivity index (χ1n) is 8.74. The number of nitrogens with zero attached hydrogens (tertiary/aromatic N) is 2. The van der Waals surface area contributed by atoms with Gasteiger partial charge < -0.3 is 24.5 Å². The first kappa shape index (κ1) is 18.6. The van der Waals surface area contributed by atoms with Crippen LogP contribution in [-0.2, 0) is 13.0 Å². The van der Waals surface area contributed by atoms with Gasteiger partial charge in [-0.3, -0.25) is 0 Å². The predicted octanol–water partition coefficient (Wildman–Crippen LogP) is 3.66. The molecule has 0 saturated heterocycles. The summed E-state index contributed by atoms with van der Waals surface area (Å²) in [5.41, 5.74) is 2.03. The van der Waals surface area contributed by atoms with Gasteiger partial charge in [0.25, 0.3) is 0 Å². The van der Waals surface area contributed by atoms with Gasteiger partial charge in [-0.1, -0.05) is 6.07 Å². The van der Waals surface area contributed by atoms with Crippen LogP contribution < -0.4 is 20.1 Å². The van der Waals surface area contributed by atoms with Gasteiger partial charge in [-0.25, -0.2) is 4.98 Å². The quantitative estimate of drug-likeness (QED) is 0.596. The van der Waals surface area contributed by atoms with E-state index in [9.17, 15) is 0 Å². The number of anilines is 2. The first-order valence-corrected chi connectivity index (χ1v) is 8.74. The monoisotopic (exact) mass is 368 g/mol. The van der Waals surface area contributed by atoms with Crippen LogP contribution in [0.3, 0.4) is 0 Å². The Morgan fingerprint density at radius 1 is 1.00 bits per heavy atom. The molecular weight excluding hydrogens is 344 g/mol. The first-order chi connectivity index (χ1) is 13.2. The zero-order valence-corrected chi connectivity index (χ0v) is 15.8. The number of methoxy groups -OCH3 is 2. The van der Waals surface area contributed by atoms with E-state index in [2.05, 4.69) is 20.6 Å². The molecule has 0 aliphatic carbocycles. The number of rotatable bonds is 9. The topological polar surface area (TPSA) is 81.4 Å². The highest BCUT2D eigenvalue weighted by Gasteiger charge is 2.06. The minimum Gasteiger partial charge on any atom is -0.493 e. The summed E-state index contributed by atoms with van der Waals surface area (Å²) in [5.74, 6) is 3.66. The van der Waals surface area contributed by atoms with Gasteiger partial charge in [-0.15, -0.1) is 0 Å². The number of nitrogens with one attached hydrogen (secondary N) is 2. The second-order valence-electron chi connectivity index (χ2n) is 6.02. The number of furan rings is 1. The summed E-state index contributed by atoms with van der Waals surface area (Å²) in [6.07, 6.45) is 2.47. The summed E-state index contributed by atoms with van der Waals surface area (Å²) in [4.78, 5) is 8.95. The number of ether oxygens (including phenoxy) is 2. The molecule has 7 nitrogen and oxygen atoms in total. The van der Waals surface area contributed by atoms with Crippen molar-refractivity contribution in [3.05, 3.63) is 59.7 Å². The molecule has 1 aromatic carbocycles. The van der Waals surface area contributed by atoms with Crippen LogP contribution >= 0.6 is 0 Å². The van der Waals surface area contributed by atoms with E-state index in [-0.39, 0.29) is 0 Å². The molecule has 2 heterocycles. The SMILES string of the molecule is COc1ccc(CCNc2nc(C)cc(NCc3ccco3)n2)cc1OC. The molecule has 7 heteroatoms. The normalized spacial score (nSPS) is 10.5. The van der Waals surface area contributed by atoms with Crippen LogP contribution in [0.4, 0.5) is 11.8 Å². The lowest BCUT2D eigenvalue weighted by atomic mass is 10.1. The third-order valence-electron chi connectivity index (χ3n) is 4.02. The largest absolute Gasteiger partial charge is 0.493 e. The number of aryl methyl sites for hydroxylation is 1. The molecule has 2 aromatic heterocycles. The van der Waals surface area contributed by atoms with Gasteiger partial charge in [0, 0.05) is 18.3 Å². The molecule has 0 aliphatic heterocycles. The molecule has 142 valence electrons. The Kier molecular flexibility index (Phi) is 6.14. The molecule has 0 atom stereocenters. The van der Waals surface area contributed by atoms with Crippen LogP contribution in [0.15, 0.2) is 47.1 Å². The van der Waals surface area contributed by atoms with E-state index in [0.717, 1.165) is 40.8 Å². The number of hydrogen-bond acceptors (Lipinski definition) is 7. The Labute approximate surface area is 158 Å². The highest BCUT2D eigenvalue weighted by molar-refractivity contribution is 5.44. The summed E-state index contributed by atoms with van der Waals surface area (Å²) < 4.78 is 15.9. The van der Waals surface area contributed by atoms with Gasteiger partial charge >= 0.3 is 0 Å². The van der Waals surface area contributed by atoms with Crippen LogP contribution in [-0.4, -0.2) is 30.7 Å². The molecule has 2 N–H and O–H groups in total. The minimum absolute atomic E-state index is 0.578. The Morgan fingerprint density at radius 2 is 1.85 bits per heavy atom. The highest BCUT2D eigenvalue weighted by atomic mass is 16.5. The van der Waals surface area contributed by atoms with E-state index in [1.165, 1.54) is 0 Å².